The van der Waals surface area contributed by atoms with E-state index in [1.54, 1.807) is 13.2 Å². The maximum Gasteiger partial charge on any atom is 0.246 e. The minimum atomic E-state index is -0.803. The minimum absolute atomic E-state index is 0.240. The Hall–Kier alpha value is -1.88. The number of hydrogen-bond donors (Lipinski definition) is 0. The van der Waals surface area contributed by atoms with Gasteiger partial charge >= 0.3 is 0 Å². The fourth-order valence-electron chi connectivity index (χ4n) is 1.76. The highest BCUT2D eigenvalue weighted by atomic mass is 16.2. The van der Waals surface area contributed by atoms with Crippen LogP contribution in [-0.4, -0.2) is 28.4 Å². The lowest BCUT2D eigenvalue weighted by atomic mass is 9.86. The van der Waals surface area contributed by atoms with Crippen LogP contribution in [0.25, 0.3) is 5.65 Å². The maximum absolute atomic E-state index is 12.3. The minimum Gasteiger partial charge on any atom is -0.305 e. The Balaban J connectivity index is 2.28. The fraction of sp³-hybridized carbons (Fsp3) is 0.429. The lowest BCUT2D eigenvalue weighted by Crippen LogP contribution is -2.44. The first-order valence-electron chi connectivity index (χ1n) is 6.23. The van der Waals surface area contributed by atoms with E-state index in [-0.39, 0.29) is 11.3 Å². The number of fused-ring (bicyclic) bond motifs is 1. The molecule has 0 saturated heterocycles. The van der Waals surface area contributed by atoms with Gasteiger partial charge in [-0.15, -0.1) is 0 Å². The Kier molecular flexibility index (Phi) is 3.32. The molecule has 0 aliphatic heterocycles. The fourth-order valence-corrected chi connectivity index (χ4v) is 1.76. The highest BCUT2D eigenvalue weighted by molar-refractivity contribution is 5.96. The topological polar surface area (TPSA) is 61.4 Å². The number of hydrogen-bond acceptors (Lipinski definition) is 2. The Morgan fingerprint density at radius 2 is 2.11 bits per heavy atom. The van der Waals surface area contributed by atoms with E-state index in [0.717, 1.165) is 5.65 Å². The quantitative estimate of drug-likeness (QED) is 0.828. The molecule has 0 spiro atoms. The lowest BCUT2D eigenvalue weighted by molar-refractivity contribution is -0.121. The standard InChI is InChI=1S/C14H19N4O/c1-14(2,3)12(15)13(19)17(4)11-9-18-8-6-5-7-10(18)16-11/h5-9,12,15H,1-4H3. The molecule has 1 amide bonds. The summed E-state index contributed by atoms with van der Waals surface area (Å²) in [5.74, 6) is 0.327. The number of nitrogens with one attached hydrogen (secondary N) is 1. The summed E-state index contributed by atoms with van der Waals surface area (Å²) in [5.41, 5.74) is 8.42. The summed E-state index contributed by atoms with van der Waals surface area (Å²) in [6, 6.07) is 4.88. The van der Waals surface area contributed by atoms with Gasteiger partial charge in [-0.2, -0.15) is 0 Å². The van der Waals surface area contributed by atoms with Crippen LogP contribution in [0.4, 0.5) is 5.82 Å². The van der Waals surface area contributed by atoms with Crippen LogP contribution in [-0.2, 0) is 4.79 Å². The predicted molar refractivity (Wildman–Crippen MR) is 74.9 cm³/mol. The Labute approximate surface area is 113 Å². The molecule has 101 valence electrons. The van der Waals surface area contributed by atoms with E-state index in [1.807, 2.05) is 49.6 Å². The molecule has 5 nitrogen and oxygen atoms in total. The molecule has 5 heteroatoms. The van der Waals surface area contributed by atoms with Gasteiger partial charge in [-0.05, 0) is 17.5 Å². The van der Waals surface area contributed by atoms with E-state index in [0.29, 0.717) is 5.82 Å². The van der Waals surface area contributed by atoms with Crippen LogP contribution in [0.3, 0.4) is 0 Å². The van der Waals surface area contributed by atoms with E-state index < -0.39 is 6.04 Å². The zero-order valence-electron chi connectivity index (χ0n) is 11.7. The first-order valence-corrected chi connectivity index (χ1v) is 6.23. The predicted octanol–water partition coefficient (Wildman–Crippen LogP) is 1.99. The Morgan fingerprint density at radius 3 is 2.68 bits per heavy atom. The summed E-state index contributed by atoms with van der Waals surface area (Å²) >= 11 is 0. The van der Waals surface area contributed by atoms with E-state index in [9.17, 15) is 4.79 Å². The molecule has 2 heterocycles. The number of pyridine rings is 1. The smallest absolute Gasteiger partial charge is 0.246 e. The van der Waals surface area contributed by atoms with Crippen LogP contribution in [0.5, 0.6) is 0 Å². The van der Waals surface area contributed by atoms with Gasteiger partial charge in [0, 0.05) is 13.2 Å². The normalized spacial score (nSPS) is 13.5. The molecular formula is C14H19N4O. The largest absolute Gasteiger partial charge is 0.305 e. The SMILES string of the molecule is CN(C(=O)C([NH])C(C)(C)C)c1cn2ccccc2n1. The summed E-state index contributed by atoms with van der Waals surface area (Å²) in [7, 11) is 1.66. The summed E-state index contributed by atoms with van der Waals surface area (Å²) in [4.78, 5) is 18.1. The van der Waals surface area contributed by atoms with Crippen molar-refractivity contribution in [2.24, 2.45) is 5.41 Å². The van der Waals surface area contributed by atoms with Gasteiger partial charge in [-0.25, -0.2) is 10.7 Å². The van der Waals surface area contributed by atoms with Gasteiger partial charge in [0.05, 0.1) is 6.20 Å². The molecule has 1 atom stereocenters. The first-order chi connectivity index (χ1) is 8.80. The molecule has 2 rings (SSSR count). The number of aromatic nitrogens is 2. The van der Waals surface area contributed by atoms with Gasteiger partial charge in [0.1, 0.15) is 11.7 Å². The molecule has 0 aromatic carbocycles. The van der Waals surface area contributed by atoms with E-state index in [4.69, 9.17) is 5.73 Å². The molecular weight excluding hydrogens is 240 g/mol. The number of carbonyl (C=O) groups is 1. The summed E-state index contributed by atoms with van der Waals surface area (Å²) < 4.78 is 1.86. The highest BCUT2D eigenvalue weighted by Gasteiger charge is 2.31. The molecule has 0 aliphatic rings. The van der Waals surface area contributed by atoms with Crippen molar-refractivity contribution in [2.45, 2.75) is 26.8 Å². The van der Waals surface area contributed by atoms with Gasteiger partial charge in [-0.3, -0.25) is 9.69 Å². The van der Waals surface area contributed by atoms with Crippen LogP contribution >= 0.6 is 0 Å². The van der Waals surface area contributed by atoms with Gasteiger partial charge in [-0.1, -0.05) is 26.8 Å². The molecule has 1 N–H and O–H groups in total. The van der Waals surface area contributed by atoms with Crippen molar-refractivity contribution in [3.8, 4) is 0 Å². The number of imidazole rings is 1. The van der Waals surface area contributed by atoms with Crippen molar-refractivity contribution in [1.82, 2.24) is 15.1 Å². The zero-order chi connectivity index (χ0) is 14.2. The van der Waals surface area contributed by atoms with Gasteiger partial charge in [0.2, 0.25) is 5.91 Å². The molecule has 2 aromatic rings. The van der Waals surface area contributed by atoms with Gasteiger partial charge in [0.15, 0.2) is 5.82 Å². The monoisotopic (exact) mass is 259 g/mol. The zero-order valence-corrected chi connectivity index (χ0v) is 11.7. The summed E-state index contributed by atoms with van der Waals surface area (Å²) in [6.45, 7) is 5.67. The molecule has 19 heavy (non-hydrogen) atoms. The Bertz CT molecular complexity index is 564. The van der Waals surface area contributed by atoms with Gasteiger partial charge in [0.25, 0.3) is 0 Å². The average Bonchev–Trinajstić information content (AvgIpc) is 2.78. The third-order valence-electron chi connectivity index (χ3n) is 3.14. The molecule has 0 aliphatic carbocycles. The second kappa shape index (κ2) is 4.66. The van der Waals surface area contributed by atoms with Crippen LogP contribution in [0, 0.1) is 5.41 Å². The third kappa shape index (κ3) is 2.61. The van der Waals surface area contributed by atoms with Crippen LogP contribution in [0.2, 0.25) is 0 Å². The number of rotatable bonds is 2. The number of amides is 1. The van der Waals surface area contributed by atoms with Crippen molar-refractivity contribution in [3.05, 3.63) is 30.6 Å². The molecule has 0 fully saturated rings. The number of nitrogens with zero attached hydrogens (tertiary/aromatic N) is 3. The van der Waals surface area contributed by atoms with E-state index in [1.165, 1.54) is 4.90 Å². The lowest BCUT2D eigenvalue weighted by Gasteiger charge is -2.28. The van der Waals surface area contributed by atoms with Crippen molar-refractivity contribution < 1.29 is 4.79 Å². The van der Waals surface area contributed by atoms with Gasteiger partial charge < -0.3 is 4.40 Å². The number of anilines is 1. The van der Waals surface area contributed by atoms with Crippen molar-refractivity contribution in [3.63, 3.8) is 0 Å². The summed E-state index contributed by atoms with van der Waals surface area (Å²) in [6.07, 6.45) is 3.68. The van der Waals surface area contributed by atoms with Crippen LogP contribution in [0.1, 0.15) is 20.8 Å². The van der Waals surface area contributed by atoms with Crippen molar-refractivity contribution in [1.29, 1.82) is 0 Å². The summed E-state index contributed by atoms with van der Waals surface area (Å²) in [5, 5.41) is 0. The van der Waals surface area contributed by atoms with Crippen LogP contribution < -0.4 is 10.6 Å². The van der Waals surface area contributed by atoms with Crippen molar-refractivity contribution in [2.75, 3.05) is 11.9 Å². The maximum atomic E-state index is 12.3. The first kappa shape index (κ1) is 13.5. The van der Waals surface area contributed by atoms with Crippen molar-refractivity contribution >= 4 is 17.4 Å². The second-order valence-corrected chi connectivity index (χ2v) is 5.76. The molecule has 0 saturated carbocycles. The van der Waals surface area contributed by atoms with Crippen LogP contribution in [0.15, 0.2) is 30.6 Å². The molecule has 2 aromatic heterocycles. The number of carbonyl (C=O) groups excluding carboxylic acids is 1. The molecule has 1 radical (unpaired) electrons. The van der Waals surface area contributed by atoms with E-state index in [2.05, 4.69) is 4.98 Å². The number of likely N-dealkylation sites (N-methyl/N-ethyl adjacent to an activating group) is 1. The second-order valence-electron chi connectivity index (χ2n) is 5.76. The highest BCUT2D eigenvalue weighted by Crippen LogP contribution is 2.22. The molecule has 0 bridgehead atoms. The Morgan fingerprint density at radius 1 is 1.42 bits per heavy atom. The molecule has 1 unspecified atom stereocenters. The third-order valence-corrected chi connectivity index (χ3v) is 3.14. The average molecular weight is 259 g/mol. The van der Waals surface area contributed by atoms with E-state index >= 15 is 0 Å².